The molecule has 0 amide bonds. The van der Waals surface area contributed by atoms with Crippen molar-refractivity contribution in [3.05, 3.63) is 12.2 Å². The fraction of sp³-hybridized carbons (Fsp3) is 0.800. The minimum absolute atomic E-state index is 0.198. The van der Waals surface area contributed by atoms with Gasteiger partial charge in [-0.1, -0.05) is 62.8 Å². The van der Waals surface area contributed by atoms with Crippen LogP contribution in [0.3, 0.4) is 0 Å². The highest BCUT2D eigenvalue weighted by Crippen LogP contribution is 2.35. The Balaban J connectivity index is 2.38. The molecule has 0 aromatic rings. The van der Waals surface area contributed by atoms with Gasteiger partial charge < -0.3 is 10.3 Å². The molecule has 5 heteroatoms. The fourth-order valence-corrected chi connectivity index (χ4v) is 3.63. The Bertz CT molecular complexity index is 437. The topological polar surface area (TPSA) is 69.9 Å². The summed E-state index contributed by atoms with van der Waals surface area (Å²) >= 11 is 0. The molecule has 2 N–H and O–H groups in total. The number of oxime groups is 1. The molecule has 1 aliphatic carbocycles. The summed E-state index contributed by atoms with van der Waals surface area (Å²) in [5.74, 6) is -0.284. The predicted molar refractivity (Wildman–Crippen MR) is 99.0 cm³/mol. The number of carboxylic acid groups (broad SMARTS) is 1. The normalized spacial score (nSPS) is 23.5. The number of alkyl halides is 1. The first kappa shape index (κ1) is 21.7. The molecule has 1 saturated carbocycles. The molecule has 1 aliphatic rings. The molecule has 0 aliphatic heterocycles. The Kier molecular flexibility index (Phi) is 11.2. The predicted octanol–water partition coefficient (Wildman–Crippen LogP) is 5.74. The molecule has 0 aromatic heterocycles. The second-order valence-corrected chi connectivity index (χ2v) is 7.14. The number of halogens is 1. The molecule has 0 bridgehead atoms. The number of aliphatic carboxylic acids is 1. The zero-order chi connectivity index (χ0) is 18.5. The summed E-state index contributed by atoms with van der Waals surface area (Å²) in [5.41, 5.74) is 0.835. The van der Waals surface area contributed by atoms with E-state index in [4.69, 9.17) is 5.11 Å². The number of hydrogen-bond acceptors (Lipinski definition) is 3. The molecule has 3 atom stereocenters. The van der Waals surface area contributed by atoms with E-state index in [1.54, 1.807) is 6.08 Å². The maximum absolute atomic E-state index is 13.9. The Morgan fingerprint density at radius 1 is 1.28 bits per heavy atom. The number of nitrogens with zero attached hydrogens (tertiary/aromatic N) is 1. The van der Waals surface area contributed by atoms with Crippen molar-refractivity contribution >= 4 is 11.7 Å². The molecular formula is C20H34FNO3. The van der Waals surface area contributed by atoms with E-state index in [0.717, 1.165) is 63.5 Å². The van der Waals surface area contributed by atoms with Crippen LogP contribution in [0, 0.1) is 11.8 Å². The van der Waals surface area contributed by atoms with Gasteiger partial charge in [-0.05, 0) is 38.0 Å². The van der Waals surface area contributed by atoms with Gasteiger partial charge in [0, 0.05) is 12.3 Å². The van der Waals surface area contributed by atoms with E-state index in [-0.39, 0.29) is 18.3 Å². The van der Waals surface area contributed by atoms with Crippen molar-refractivity contribution < 1.29 is 19.5 Å². The maximum atomic E-state index is 13.9. The highest BCUT2D eigenvalue weighted by atomic mass is 19.1. The van der Waals surface area contributed by atoms with Crippen molar-refractivity contribution in [1.82, 2.24) is 0 Å². The largest absolute Gasteiger partial charge is 0.481 e. The van der Waals surface area contributed by atoms with Crippen LogP contribution in [0.2, 0.25) is 0 Å². The number of hydrogen-bond donors (Lipinski definition) is 2. The maximum Gasteiger partial charge on any atom is 0.303 e. The summed E-state index contributed by atoms with van der Waals surface area (Å²) in [6, 6.07) is 0. The standard InChI is InChI=1S/C20H34FNO3/c1-2-3-6-9-17(21)14-12-16-13-15-19(22-25)18(16)10-7-4-5-8-11-20(23)24/h12,14,16-18,25H,2-11,13,15H2,1H3,(H,23,24)/b14-12+,22-19-/t16-,17+,18+/m0/s1. The van der Waals surface area contributed by atoms with Crippen LogP contribution in [0.5, 0.6) is 0 Å². The number of allylic oxidation sites excluding steroid dienone is 2. The third-order valence-electron chi connectivity index (χ3n) is 5.11. The van der Waals surface area contributed by atoms with Crippen molar-refractivity contribution in [2.75, 3.05) is 0 Å². The summed E-state index contributed by atoms with van der Waals surface area (Å²) < 4.78 is 13.9. The van der Waals surface area contributed by atoms with E-state index in [1.165, 1.54) is 0 Å². The Morgan fingerprint density at radius 3 is 2.72 bits per heavy atom. The van der Waals surface area contributed by atoms with Gasteiger partial charge in [0.25, 0.3) is 0 Å². The van der Waals surface area contributed by atoms with Crippen molar-refractivity contribution in [2.45, 2.75) is 90.1 Å². The molecule has 0 spiro atoms. The number of rotatable bonds is 13. The van der Waals surface area contributed by atoms with Crippen molar-refractivity contribution in [2.24, 2.45) is 17.0 Å². The van der Waals surface area contributed by atoms with Gasteiger partial charge >= 0.3 is 5.97 Å². The third kappa shape index (κ3) is 9.03. The lowest BCUT2D eigenvalue weighted by Crippen LogP contribution is -2.14. The first-order valence-corrected chi connectivity index (χ1v) is 9.83. The van der Waals surface area contributed by atoms with Gasteiger partial charge in [0.05, 0.1) is 5.71 Å². The zero-order valence-electron chi connectivity index (χ0n) is 15.5. The SMILES string of the molecule is CCCCC[C@@H](F)/C=C/[C@H]1CC/C(=N/O)[C@@H]1CCCCCCC(=O)O. The second-order valence-electron chi connectivity index (χ2n) is 7.14. The highest BCUT2D eigenvalue weighted by Gasteiger charge is 2.31. The Labute approximate surface area is 151 Å². The number of unbranched alkanes of at least 4 members (excludes halogenated alkanes) is 5. The third-order valence-corrected chi connectivity index (χ3v) is 5.11. The summed E-state index contributed by atoms with van der Waals surface area (Å²) in [6.45, 7) is 2.11. The van der Waals surface area contributed by atoms with Crippen LogP contribution >= 0.6 is 0 Å². The second kappa shape index (κ2) is 12.9. The quantitative estimate of drug-likeness (QED) is 0.191. The first-order valence-electron chi connectivity index (χ1n) is 9.83. The van der Waals surface area contributed by atoms with Gasteiger partial charge in [0.2, 0.25) is 0 Å². The van der Waals surface area contributed by atoms with E-state index >= 15 is 0 Å². The monoisotopic (exact) mass is 355 g/mol. The molecule has 0 heterocycles. The minimum atomic E-state index is -0.877. The molecule has 0 aromatic carbocycles. The lowest BCUT2D eigenvalue weighted by atomic mass is 9.89. The number of carbonyl (C=O) groups is 1. The van der Waals surface area contributed by atoms with Gasteiger partial charge in [0.1, 0.15) is 6.17 Å². The average molecular weight is 355 g/mol. The van der Waals surface area contributed by atoms with Crippen molar-refractivity contribution in [1.29, 1.82) is 0 Å². The highest BCUT2D eigenvalue weighted by molar-refractivity contribution is 5.88. The van der Waals surface area contributed by atoms with E-state index in [9.17, 15) is 14.4 Å². The minimum Gasteiger partial charge on any atom is -0.481 e. The fourth-order valence-electron chi connectivity index (χ4n) is 3.63. The summed E-state index contributed by atoms with van der Waals surface area (Å²) in [5, 5.41) is 21.3. The molecule has 4 nitrogen and oxygen atoms in total. The van der Waals surface area contributed by atoms with E-state index in [1.807, 2.05) is 6.08 Å². The smallest absolute Gasteiger partial charge is 0.303 e. The van der Waals surface area contributed by atoms with Crippen LogP contribution < -0.4 is 0 Å². The van der Waals surface area contributed by atoms with E-state index in [0.29, 0.717) is 12.8 Å². The first-order chi connectivity index (χ1) is 12.1. The summed E-state index contributed by atoms with van der Waals surface area (Å²) in [7, 11) is 0. The number of carboxylic acids is 1. The van der Waals surface area contributed by atoms with E-state index < -0.39 is 12.1 Å². The van der Waals surface area contributed by atoms with Crippen LogP contribution in [-0.4, -0.2) is 28.2 Å². The van der Waals surface area contributed by atoms with Crippen LogP contribution in [0.4, 0.5) is 4.39 Å². The molecular weight excluding hydrogens is 321 g/mol. The molecule has 0 unspecified atom stereocenters. The summed E-state index contributed by atoms with van der Waals surface area (Å²) in [6.07, 6.45) is 13.0. The molecule has 0 radical (unpaired) electrons. The lowest BCUT2D eigenvalue weighted by molar-refractivity contribution is -0.137. The molecule has 144 valence electrons. The molecule has 1 rings (SSSR count). The molecule has 25 heavy (non-hydrogen) atoms. The van der Waals surface area contributed by atoms with Gasteiger partial charge in [0.15, 0.2) is 0 Å². The van der Waals surface area contributed by atoms with E-state index in [2.05, 4.69) is 12.1 Å². The van der Waals surface area contributed by atoms with Crippen molar-refractivity contribution in [3.8, 4) is 0 Å². The lowest BCUT2D eigenvalue weighted by Gasteiger charge is -2.16. The van der Waals surface area contributed by atoms with Crippen LogP contribution in [-0.2, 0) is 4.79 Å². The van der Waals surface area contributed by atoms with Crippen LogP contribution in [0.25, 0.3) is 0 Å². The van der Waals surface area contributed by atoms with Gasteiger partial charge in [-0.25, -0.2) is 4.39 Å². The van der Waals surface area contributed by atoms with Crippen LogP contribution in [0.15, 0.2) is 17.3 Å². The van der Waals surface area contributed by atoms with Gasteiger partial charge in [-0.15, -0.1) is 0 Å². The van der Waals surface area contributed by atoms with Gasteiger partial charge in [-0.2, -0.15) is 0 Å². The van der Waals surface area contributed by atoms with Gasteiger partial charge in [-0.3, -0.25) is 4.79 Å². The van der Waals surface area contributed by atoms with Crippen LogP contribution in [0.1, 0.15) is 84.0 Å². The Morgan fingerprint density at radius 2 is 2.04 bits per heavy atom. The average Bonchev–Trinajstić information content (AvgIpc) is 2.98. The zero-order valence-corrected chi connectivity index (χ0v) is 15.5. The molecule has 0 saturated heterocycles. The molecule has 1 fully saturated rings. The Hall–Kier alpha value is -1.39. The van der Waals surface area contributed by atoms with Crippen molar-refractivity contribution in [3.63, 3.8) is 0 Å². The summed E-state index contributed by atoms with van der Waals surface area (Å²) in [4.78, 5) is 10.5.